The van der Waals surface area contributed by atoms with Crippen LogP contribution in [0.3, 0.4) is 0 Å². The number of nitrogens with zero attached hydrogens (tertiary/aromatic N) is 3. The van der Waals surface area contributed by atoms with Crippen molar-refractivity contribution in [3.05, 3.63) is 12.3 Å². The Kier molecular flexibility index (Phi) is 2.84. The first-order valence-corrected chi connectivity index (χ1v) is 6.36. The fourth-order valence-electron chi connectivity index (χ4n) is 2.45. The summed E-state index contributed by atoms with van der Waals surface area (Å²) in [5.41, 5.74) is 0. The molecule has 0 radical (unpaired) electrons. The van der Waals surface area contributed by atoms with Gasteiger partial charge < -0.3 is 10.6 Å². The maximum Gasteiger partial charge on any atom is 0.224 e. The van der Waals surface area contributed by atoms with Gasteiger partial charge in [-0.2, -0.15) is 4.98 Å². The molecule has 1 aliphatic heterocycles. The highest BCUT2D eigenvalue weighted by molar-refractivity contribution is 5.40. The summed E-state index contributed by atoms with van der Waals surface area (Å²) in [5.74, 6) is 1.60. The van der Waals surface area contributed by atoms with Crippen molar-refractivity contribution < 1.29 is 0 Å². The molecule has 0 amide bonds. The number of hydrogen-bond donors (Lipinski definition) is 2. The van der Waals surface area contributed by atoms with Crippen molar-refractivity contribution in [2.45, 2.75) is 31.3 Å². The van der Waals surface area contributed by atoms with Gasteiger partial charge in [0.25, 0.3) is 0 Å². The average Bonchev–Trinajstić information content (AvgIpc) is 3.11. The van der Waals surface area contributed by atoms with Crippen molar-refractivity contribution in [1.82, 2.24) is 14.9 Å². The molecule has 5 nitrogen and oxygen atoms in total. The van der Waals surface area contributed by atoms with Crippen LogP contribution in [0.15, 0.2) is 12.3 Å². The molecule has 2 aliphatic rings. The van der Waals surface area contributed by atoms with Crippen LogP contribution < -0.4 is 10.6 Å². The van der Waals surface area contributed by atoms with Crippen molar-refractivity contribution in [2.75, 3.05) is 30.8 Å². The third kappa shape index (κ3) is 2.49. The van der Waals surface area contributed by atoms with Crippen LogP contribution in [0.4, 0.5) is 11.8 Å². The van der Waals surface area contributed by atoms with Crippen LogP contribution in [0.5, 0.6) is 0 Å². The van der Waals surface area contributed by atoms with Gasteiger partial charge in [0.1, 0.15) is 5.82 Å². The Hall–Kier alpha value is -1.36. The minimum atomic E-state index is 0.537. The Morgan fingerprint density at radius 2 is 2.24 bits per heavy atom. The van der Waals surface area contributed by atoms with Crippen LogP contribution in [0.1, 0.15) is 19.3 Å². The molecular weight excluding hydrogens is 214 g/mol. The first kappa shape index (κ1) is 10.8. The zero-order valence-electron chi connectivity index (χ0n) is 10.2. The molecule has 0 aromatic carbocycles. The Morgan fingerprint density at radius 3 is 3.00 bits per heavy atom. The summed E-state index contributed by atoms with van der Waals surface area (Å²) in [6.45, 7) is 2.38. The second-order valence-electron chi connectivity index (χ2n) is 4.87. The van der Waals surface area contributed by atoms with E-state index in [0.29, 0.717) is 12.0 Å². The largest absolute Gasteiger partial charge is 0.366 e. The molecule has 1 saturated carbocycles. The zero-order chi connectivity index (χ0) is 11.7. The second-order valence-corrected chi connectivity index (χ2v) is 4.87. The normalized spacial score (nSPS) is 24.9. The third-order valence-electron chi connectivity index (χ3n) is 3.51. The van der Waals surface area contributed by atoms with E-state index in [1.54, 1.807) is 6.20 Å². The van der Waals surface area contributed by atoms with E-state index in [1.165, 1.54) is 25.8 Å². The molecule has 2 heterocycles. The molecule has 1 aliphatic carbocycles. The van der Waals surface area contributed by atoms with Gasteiger partial charge in [-0.15, -0.1) is 0 Å². The van der Waals surface area contributed by atoms with Crippen molar-refractivity contribution >= 4 is 11.8 Å². The lowest BCUT2D eigenvalue weighted by atomic mass is 10.2. The van der Waals surface area contributed by atoms with Crippen molar-refractivity contribution in [1.29, 1.82) is 0 Å². The Bertz CT molecular complexity index is 390. The summed E-state index contributed by atoms with van der Waals surface area (Å²) >= 11 is 0. The average molecular weight is 233 g/mol. The molecule has 1 unspecified atom stereocenters. The predicted octanol–water partition coefficient (Wildman–Crippen LogP) is 1.17. The van der Waals surface area contributed by atoms with Gasteiger partial charge in [-0.05, 0) is 25.3 Å². The summed E-state index contributed by atoms with van der Waals surface area (Å²) in [6, 6.07) is 3.34. The number of nitrogens with one attached hydrogen (secondary N) is 2. The lowest BCUT2D eigenvalue weighted by Crippen LogP contribution is -2.28. The fraction of sp³-hybridized carbons (Fsp3) is 0.667. The molecule has 1 aromatic rings. The highest BCUT2D eigenvalue weighted by atomic mass is 15.2. The molecule has 1 aromatic heterocycles. The molecule has 1 atom stereocenters. The third-order valence-corrected chi connectivity index (χ3v) is 3.51. The van der Waals surface area contributed by atoms with Gasteiger partial charge in [-0.25, -0.2) is 4.98 Å². The Labute approximate surface area is 102 Å². The molecular formula is C12H19N5. The number of hydrogen-bond acceptors (Lipinski definition) is 5. The number of anilines is 2. The Balaban J connectivity index is 1.59. The summed E-state index contributed by atoms with van der Waals surface area (Å²) < 4.78 is 0. The van der Waals surface area contributed by atoms with Crippen molar-refractivity contribution in [2.24, 2.45) is 0 Å². The van der Waals surface area contributed by atoms with E-state index < -0.39 is 0 Å². The van der Waals surface area contributed by atoms with Gasteiger partial charge in [-0.3, -0.25) is 4.90 Å². The molecule has 5 heteroatoms. The molecule has 17 heavy (non-hydrogen) atoms. The number of aromatic nitrogens is 2. The first-order valence-electron chi connectivity index (χ1n) is 6.36. The molecule has 92 valence electrons. The quantitative estimate of drug-likeness (QED) is 0.817. The van der Waals surface area contributed by atoms with Crippen LogP contribution in [-0.4, -0.2) is 47.1 Å². The lowest BCUT2D eigenvalue weighted by Gasteiger charge is -2.16. The number of rotatable bonds is 4. The van der Waals surface area contributed by atoms with E-state index in [-0.39, 0.29) is 0 Å². The van der Waals surface area contributed by atoms with Gasteiger partial charge in [0, 0.05) is 38.4 Å². The van der Waals surface area contributed by atoms with Crippen LogP contribution in [0.25, 0.3) is 0 Å². The fourth-order valence-corrected chi connectivity index (χ4v) is 2.45. The smallest absolute Gasteiger partial charge is 0.224 e. The highest BCUT2D eigenvalue weighted by Crippen LogP contribution is 2.30. The van der Waals surface area contributed by atoms with Gasteiger partial charge >= 0.3 is 0 Å². The highest BCUT2D eigenvalue weighted by Gasteiger charge is 2.34. The van der Waals surface area contributed by atoms with E-state index in [4.69, 9.17) is 0 Å². The van der Waals surface area contributed by atoms with Gasteiger partial charge in [0.2, 0.25) is 5.95 Å². The number of likely N-dealkylation sites (tertiary alicyclic amines) is 1. The van der Waals surface area contributed by atoms with Crippen LogP contribution in [0.2, 0.25) is 0 Å². The van der Waals surface area contributed by atoms with Crippen molar-refractivity contribution in [3.63, 3.8) is 0 Å². The zero-order valence-corrected chi connectivity index (χ0v) is 10.2. The summed E-state index contributed by atoms with van der Waals surface area (Å²) in [7, 11) is 1.84. The molecule has 3 rings (SSSR count). The van der Waals surface area contributed by atoms with E-state index in [0.717, 1.165) is 18.4 Å². The van der Waals surface area contributed by atoms with E-state index >= 15 is 0 Å². The molecule has 2 N–H and O–H groups in total. The molecule has 2 fully saturated rings. The second kappa shape index (κ2) is 4.49. The van der Waals surface area contributed by atoms with E-state index in [1.807, 2.05) is 13.1 Å². The minimum Gasteiger partial charge on any atom is -0.366 e. The van der Waals surface area contributed by atoms with E-state index in [9.17, 15) is 0 Å². The maximum atomic E-state index is 4.39. The lowest BCUT2D eigenvalue weighted by molar-refractivity contribution is 0.326. The van der Waals surface area contributed by atoms with Crippen LogP contribution >= 0.6 is 0 Å². The predicted molar refractivity (Wildman–Crippen MR) is 68.2 cm³/mol. The van der Waals surface area contributed by atoms with Crippen molar-refractivity contribution in [3.8, 4) is 0 Å². The van der Waals surface area contributed by atoms with Gasteiger partial charge in [0.05, 0.1) is 0 Å². The van der Waals surface area contributed by atoms with Crippen LogP contribution in [0, 0.1) is 0 Å². The molecule has 0 spiro atoms. The summed E-state index contributed by atoms with van der Waals surface area (Å²) in [6.07, 6.45) is 5.79. The standard InChI is InChI=1S/C12H19N5/c1-13-12-14-6-4-11(16-12)15-9-5-7-17(8-9)10-2-3-10/h4,6,9-10H,2-3,5,7-8H2,1H3,(H2,13,14,15,16). The summed E-state index contributed by atoms with van der Waals surface area (Å²) in [5, 5.41) is 6.45. The topological polar surface area (TPSA) is 53.1 Å². The molecule has 0 bridgehead atoms. The Morgan fingerprint density at radius 1 is 1.35 bits per heavy atom. The maximum absolute atomic E-state index is 4.39. The molecule has 1 saturated heterocycles. The summed E-state index contributed by atoms with van der Waals surface area (Å²) in [4.78, 5) is 11.1. The minimum absolute atomic E-state index is 0.537. The van der Waals surface area contributed by atoms with Gasteiger partial charge in [0.15, 0.2) is 0 Å². The van der Waals surface area contributed by atoms with Gasteiger partial charge in [-0.1, -0.05) is 0 Å². The monoisotopic (exact) mass is 233 g/mol. The van der Waals surface area contributed by atoms with Crippen LogP contribution in [-0.2, 0) is 0 Å². The first-order chi connectivity index (χ1) is 8.35. The van der Waals surface area contributed by atoms with E-state index in [2.05, 4.69) is 25.5 Å². The SMILES string of the molecule is CNc1nccc(NC2CCN(C3CC3)C2)n1.